The largest absolute Gasteiger partial charge is 0.395 e. The number of benzene rings is 1. The number of aliphatic hydroxyl groups excluding tert-OH is 2. The maximum Gasteiger partial charge on any atom is 0.244 e. The highest BCUT2D eigenvalue weighted by atomic mass is 32.2. The van der Waals surface area contributed by atoms with E-state index in [1.54, 1.807) is 25.1 Å². The molecule has 0 spiro atoms. The van der Waals surface area contributed by atoms with Crippen molar-refractivity contribution < 1.29 is 18.6 Å². The Kier molecular flexibility index (Phi) is 6.17. The van der Waals surface area contributed by atoms with Crippen LogP contribution in [0.3, 0.4) is 0 Å². The number of rotatable bonds is 5. The molecule has 6 heteroatoms. The van der Waals surface area contributed by atoms with Crippen molar-refractivity contribution >= 4 is 10.0 Å². The molecule has 110 valence electrons. The van der Waals surface area contributed by atoms with Gasteiger partial charge in [-0.05, 0) is 19.1 Å². The molecule has 20 heavy (non-hydrogen) atoms. The number of hydrogen-bond donors (Lipinski definition) is 2. The fourth-order valence-corrected chi connectivity index (χ4v) is 3.01. The molecule has 0 bridgehead atoms. The van der Waals surface area contributed by atoms with Gasteiger partial charge < -0.3 is 10.2 Å². The lowest BCUT2D eigenvalue weighted by Gasteiger charge is -2.23. The second-order valence-electron chi connectivity index (χ2n) is 4.32. The van der Waals surface area contributed by atoms with Crippen LogP contribution in [-0.4, -0.2) is 49.2 Å². The average Bonchev–Trinajstić information content (AvgIpc) is 2.46. The minimum atomic E-state index is -3.71. The summed E-state index contributed by atoms with van der Waals surface area (Å²) in [5, 5.41) is 17.8. The lowest BCUT2D eigenvalue weighted by atomic mass is 10.2. The summed E-state index contributed by atoms with van der Waals surface area (Å²) in [5.74, 6) is 5.47. The molecule has 0 aliphatic rings. The minimum absolute atomic E-state index is 0.0661. The van der Waals surface area contributed by atoms with Crippen LogP contribution in [-0.2, 0) is 10.0 Å². The molecule has 2 N–H and O–H groups in total. The Labute approximate surface area is 119 Å². The van der Waals surface area contributed by atoms with Gasteiger partial charge in [-0.3, -0.25) is 0 Å². The average molecular weight is 297 g/mol. The van der Waals surface area contributed by atoms with Crippen molar-refractivity contribution in [2.45, 2.75) is 24.3 Å². The standard InChI is InChI=1S/C14H19NO4S/c1-12(11-17)15(2)20(18,19)14-9-4-3-7-13(14)8-5-6-10-16/h3-4,7,9,12,16-17H,6,10-11H2,1-2H3. The van der Waals surface area contributed by atoms with E-state index >= 15 is 0 Å². The quantitative estimate of drug-likeness (QED) is 0.772. The smallest absolute Gasteiger partial charge is 0.244 e. The van der Waals surface area contributed by atoms with Crippen molar-refractivity contribution in [3.63, 3.8) is 0 Å². The highest BCUT2D eigenvalue weighted by molar-refractivity contribution is 7.89. The second kappa shape index (κ2) is 7.41. The van der Waals surface area contributed by atoms with Crippen LogP contribution in [0.15, 0.2) is 29.2 Å². The third kappa shape index (κ3) is 3.81. The Morgan fingerprint density at radius 3 is 2.55 bits per heavy atom. The van der Waals surface area contributed by atoms with Gasteiger partial charge in [0.25, 0.3) is 0 Å². The van der Waals surface area contributed by atoms with E-state index in [4.69, 9.17) is 10.2 Å². The second-order valence-corrected chi connectivity index (χ2v) is 6.29. The zero-order valence-corrected chi connectivity index (χ0v) is 12.4. The Balaban J connectivity index is 3.23. The van der Waals surface area contributed by atoms with E-state index in [1.165, 1.54) is 13.1 Å². The van der Waals surface area contributed by atoms with Gasteiger partial charge in [-0.25, -0.2) is 8.42 Å². The van der Waals surface area contributed by atoms with Crippen LogP contribution in [0.1, 0.15) is 18.9 Å². The first-order chi connectivity index (χ1) is 9.45. The predicted molar refractivity (Wildman–Crippen MR) is 76.5 cm³/mol. The molecule has 0 aromatic heterocycles. The summed E-state index contributed by atoms with van der Waals surface area (Å²) in [7, 11) is -2.29. The molecule has 0 saturated heterocycles. The third-order valence-electron chi connectivity index (χ3n) is 2.89. The number of aliphatic hydroxyl groups is 2. The molecule has 1 rings (SSSR count). The molecule has 0 heterocycles. The van der Waals surface area contributed by atoms with E-state index in [-0.39, 0.29) is 24.5 Å². The van der Waals surface area contributed by atoms with Crippen molar-refractivity contribution in [3.05, 3.63) is 29.8 Å². The van der Waals surface area contributed by atoms with Crippen molar-refractivity contribution in [1.29, 1.82) is 0 Å². The zero-order chi connectivity index (χ0) is 15.2. The van der Waals surface area contributed by atoms with Crippen LogP contribution in [0, 0.1) is 11.8 Å². The molecule has 0 aliphatic carbocycles. The van der Waals surface area contributed by atoms with Gasteiger partial charge in [0.15, 0.2) is 0 Å². The maximum absolute atomic E-state index is 12.5. The Hall–Kier alpha value is -1.39. The number of sulfonamides is 1. The Bertz CT molecular complexity index is 601. The monoisotopic (exact) mass is 297 g/mol. The number of hydrogen-bond acceptors (Lipinski definition) is 4. The van der Waals surface area contributed by atoms with E-state index in [0.29, 0.717) is 5.56 Å². The van der Waals surface area contributed by atoms with Crippen molar-refractivity contribution in [2.75, 3.05) is 20.3 Å². The fraction of sp³-hybridized carbons (Fsp3) is 0.429. The summed E-state index contributed by atoms with van der Waals surface area (Å²) in [6.07, 6.45) is 0.289. The molecular formula is C14H19NO4S. The summed E-state index contributed by atoms with van der Waals surface area (Å²) >= 11 is 0. The van der Waals surface area contributed by atoms with Gasteiger partial charge in [-0.2, -0.15) is 4.31 Å². The summed E-state index contributed by atoms with van der Waals surface area (Å²) in [6, 6.07) is 5.92. The van der Waals surface area contributed by atoms with E-state index in [2.05, 4.69) is 11.8 Å². The highest BCUT2D eigenvalue weighted by Crippen LogP contribution is 2.20. The lowest BCUT2D eigenvalue weighted by molar-refractivity contribution is 0.214. The van der Waals surface area contributed by atoms with E-state index in [9.17, 15) is 8.42 Å². The van der Waals surface area contributed by atoms with Crippen molar-refractivity contribution in [3.8, 4) is 11.8 Å². The SMILES string of the molecule is CC(CO)N(C)S(=O)(=O)c1ccccc1C#CCCO. The van der Waals surface area contributed by atoms with Gasteiger partial charge in [-0.15, -0.1) is 0 Å². The molecule has 5 nitrogen and oxygen atoms in total. The van der Waals surface area contributed by atoms with Gasteiger partial charge in [0, 0.05) is 25.1 Å². The van der Waals surface area contributed by atoms with Crippen molar-refractivity contribution in [2.24, 2.45) is 0 Å². The summed E-state index contributed by atoms with van der Waals surface area (Å²) in [4.78, 5) is 0.105. The van der Waals surface area contributed by atoms with Crippen molar-refractivity contribution in [1.82, 2.24) is 4.31 Å². The van der Waals surface area contributed by atoms with Crippen LogP contribution < -0.4 is 0 Å². The molecular weight excluding hydrogens is 278 g/mol. The number of nitrogens with zero attached hydrogens (tertiary/aromatic N) is 1. The van der Waals surface area contributed by atoms with Gasteiger partial charge >= 0.3 is 0 Å². The molecule has 0 amide bonds. The Morgan fingerprint density at radius 1 is 1.30 bits per heavy atom. The van der Waals surface area contributed by atoms with Crippen LogP contribution >= 0.6 is 0 Å². The van der Waals surface area contributed by atoms with Crippen LogP contribution in [0.2, 0.25) is 0 Å². The maximum atomic E-state index is 12.5. The van der Waals surface area contributed by atoms with Gasteiger partial charge in [-0.1, -0.05) is 24.0 Å². The zero-order valence-electron chi connectivity index (χ0n) is 11.6. The van der Waals surface area contributed by atoms with Crippen LogP contribution in [0.25, 0.3) is 0 Å². The summed E-state index contributed by atoms with van der Waals surface area (Å²) in [5.41, 5.74) is 0.387. The lowest BCUT2D eigenvalue weighted by Crippen LogP contribution is -2.37. The number of likely N-dealkylation sites (N-methyl/N-ethyl adjacent to an activating group) is 1. The Morgan fingerprint density at radius 2 is 1.95 bits per heavy atom. The van der Waals surface area contributed by atoms with E-state index in [1.807, 2.05) is 0 Å². The third-order valence-corrected chi connectivity index (χ3v) is 4.92. The van der Waals surface area contributed by atoms with E-state index in [0.717, 1.165) is 4.31 Å². The normalized spacial score (nSPS) is 12.8. The molecule has 0 fully saturated rings. The van der Waals surface area contributed by atoms with Crippen LogP contribution in [0.5, 0.6) is 0 Å². The summed E-state index contributed by atoms with van der Waals surface area (Å²) < 4.78 is 26.1. The molecule has 1 unspecified atom stereocenters. The molecule has 1 aromatic carbocycles. The first-order valence-corrected chi connectivity index (χ1v) is 7.66. The van der Waals surface area contributed by atoms with E-state index < -0.39 is 16.1 Å². The highest BCUT2D eigenvalue weighted by Gasteiger charge is 2.26. The molecule has 0 saturated carbocycles. The fourth-order valence-electron chi connectivity index (χ4n) is 1.52. The first-order valence-electron chi connectivity index (χ1n) is 6.22. The van der Waals surface area contributed by atoms with Gasteiger partial charge in [0.05, 0.1) is 18.1 Å². The van der Waals surface area contributed by atoms with Gasteiger partial charge in [0.1, 0.15) is 0 Å². The predicted octanol–water partition coefficient (Wildman–Crippen LogP) is 0.422. The van der Waals surface area contributed by atoms with Crippen LogP contribution in [0.4, 0.5) is 0 Å². The molecule has 1 aromatic rings. The first kappa shape index (κ1) is 16.7. The topological polar surface area (TPSA) is 77.8 Å². The molecule has 1 atom stereocenters. The minimum Gasteiger partial charge on any atom is -0.395 e. The summed E-state index contributed by atoms with van der Waals surface area (Å²) in [6.45, 7) is 1.30. The molecule has 0 aliphatic heterocycles. The molecule has 0 radical (unpaired) electrons. The van der Waals surface area contributed by atoms with Gasteiger partial charge in [0.2, 0.25) is 10.0 Å².